The van der Waals surface area contributed by atoms with E-state index in [-0.39, 0.29) is 5.82 Å². The zero-order chi connectivity index (χ0) is 10.4. The van der Waals surface area contributed by atoms with Crippen LogP contribution in [-0.2, 0) is 6.42 Å². The number of hydrogen-bond donors (Lipinski definition) is 0. The Bertz CT molecular complexity index is 320. The summed E-state index contributed by atoms with van der Waals surface area (Å²) in [5, 5.41) is 0. The summed E-state index contributed by atoms with van der Waals surface area (Å²) in [6.45, 7) is 5.74. The maximum atomic E-state index is 12.6. The minimum atomic E-state index is -0.175. The summed E-state index contributed by atoms with van der Waals surface area (Å²) in [6.07, 6.45) is 6.01. The summed E-state index contributed by atoms with van der Waals surface area (Å²) in [6, 6.07) is 6.64. The lowest BCUT2D eigenvalue weighted by molar-refractivity contribution is 0.627. The molecule has 0 radical (unpaired) electrons. The molecular weight excluding hydrogens is 175 g/mol. The Kier molecular flexibility index (Phi) is 4.11. The standard InChI is InChI=1S/C13H15F/c1-11(2)5-3-4-6-12-7-9-13(14)10-8-12/h3,5,7-10H,1,4,6H2,2H3/b5-3-. The number of hydrogen-bond acceptors (Lipinski definition) is 0. The van der Waals surface area contributed by atoms with Crippen LogP contribution in [0.2, 0.25) is 0 Å². The lowest BCUT2D eigenvalue weighted by atomic mass is 10.1. The summed E-state index contributed by atoms with van der Waals surface area (Å²) in [4.78, 5) is 0. The molecule has 0 bridgehead atoms. The topological polar surface area (TPSA) is 0 Å². The van der Waals surface area contributed by atoms with Gasteiger partial charge in [0.05, 0.1) is 0 Å². The Morgan fingerprint density at radius 2 is 2.00 bits per heavy atom. The van der Waals surface area contributed by atoms with E-state index >= 15 is 0 Å². The number of halogens is 1. The predicted molar refractivity (Wildman–Crippen MR) is 58.7 cm³/mol. The summed E-state index contributed by atoms with van der Waals surface area (Å²) >= 11 is 0. The molecule has 0 aliphatic rings. The van der Waals surface area contributed by atoms with Gasteiger partial charge in [-0.15, -0.1) is 0 Å². The highest BCUT2D eigenvalue weighted by atomic mass is 19.1. The summed E-state index contributed by atoms with van der Waals surface area (Å²) in [5.41, 5.74) is 2.22. The number of benzene rings is 1. The first-order chi connectivity index (χ1) is 6.68. The van der Waals surface area contributed by atoms with Crippen LogP contribution in [-0.4, -0.2) is 0 Å². The molecular formula is C13H15F. The van der Waals surface area contributed by atoms with Crippen molar-refractivity contribution in [3.8, 4) is 0 Å². The average molecular weight is 190 g/mol. The van der Waals surface area contributed by atoms with E-state index in [9.17, 15) is 4.39 Å². The summed E-state index contributed by atoms with van der Waals surface area (Å²) < 4.78 is 12.6. The molecule has 0 unspecified atom stereocenters. The van der Waals surface area contributed by atoms with Crippen molar-refractivity contribution in [2.75, 3.05) is 0 Å². The first-order valence-electron chi connectivity index (χ1n) is 4.75. The van der Waals surface area contributed by atoms with E-state index in [0.717, 1.165) is 24.0 Å². The zero-order valence-electron chi connectivity index (χ0n) is 8.46. The second-order valence-corrected chi connectivity index (χ2v) is 3.41. The van der Waals surface area contributed by atoms with Gasteiger partial charge in [0.15, 0.2) is 0 Å². The van der Waals surface area contributed by atoms with Gasteiger partial charge in [0.1, 0.15) is 5.82 Å². The van der Waals surface area contributed by atoms with E-state index in [1.165, 1.54) is 12.1 Å². The molecule has 0 N–H and O–H groups in total. The van der Waals surface area contributed by atoms with Crippen molar-refractivity contribution in [3.63, 3.8) is 0 Å². The van der Waals surface area contributed by atoms with E-state index in [1.807, 2.05) is 25.1 Å². The first kappa shape index (κ1) is 10.7. The van der Waals surface area contributed by atoms with Crippen LogP contribution in [0.15, 0.2) is 48.6 Å². The monoisotopic (exact) mass is 190 g/mol. The summed E-state index contributed by atoms with van der Waals surface area (Å²) in [5.74, 6) is -0.175. The molecule has 0 saturated heterocycles. The smallest absolute Gasteiger partial charge is 0.123 e. The van der Waals surface area contributed by atoms with Crippen LogP contribution in [0.3, 0.4) is 0 Å². The molecule has 1 heteroatoms. The minimum Gasteiger partial charge on any atom is -0.207 e. The molecule has 0 aliphatic carbocycles. The number of aryl methyl sites for hydroxylation is 1. The van der Waals surface area contributed by atoms with E-state index in [1.54, 1.807) is 0 Å². The van der Waals surface area contributed by atoms with Gasteiger partial charge in [0.25, 0.3) is 0 Å². The van der Waals surface area contributed by atoms with Gasteiger partial charge in [0.2, 0.25) is 0 Å². The lowest BCUT2D eigenvalue weighted by Gasteiger charge is -1.97. The van der Waals surface area contributed by atoms with Gasteiger partial charge in [-0.2, -0.15) is 0 Å². The van der Waals surface area contributed by atoms with Gasteiger partial charge in [-0.1, -0.05) is 36.4 Å². The molecule has 74 valence electrons. The van der Waals surface area contributed by atoms with E-state index in [2.05, 4.69) is 12.7 Å². The molecule has 0 amide bonds. The van der Waals surface area contributed by atoms with Gasteiger partial charge < -0.3 is 0 Å². The maximum absolute atomic E-state index is 12.6. The van der Waals surface area contributed by atoms with E-state index in [0.29, 0.717) is 0 Å². The van der Waals surface area contributed by atoms with Gasteiger partial charge in [-0.3, -0.25) is 0 Å². The van der Waals surface area contributed by atoms with Crippen molar-refractivity contribution in [3.05, 3.63) is 60.0 Å². The van der Waals surface area contributed by atoms with Crippen LogP contribution in [0.4, 0.5) is 4.39 Å². The number of allylic oxidation sites excluding steroid dienone is 3. The molecule has 0 heterocycles. The highest BCUT2D eigenvalue weighted by Gasteiger charge is 1.91. The van der Waals surface area contributed by atoms with Gasteiger partial charge in [-0.25, -0.2) is 4.39 Å². The van der Waals surface area contributed by atoms with Crippen molar-refractivity contribution < 1.29 is 4.39 Å². The largest absolute Gasteiger partial charge is 0.207 e. The third kappa shape index (κ3) is 4.04. The molecule has 0 fully saturated rings. The van der Waals surface area contributed by atoms with Gasteiger partial charge in [0, 0.05) is 0 Å². The second kappa shape index (κ2) is 5.38. The van der Waals surface area contributed by atoms with E-state index < -0.39 is 0 Å². The molecule has 0 spiro atoms. The Morgan fingerprint density at radius 1 is 1.36 bits per heavy atom. The average Bonchev–Trinajstić information content (AvgIpc) is 2.15. The van der Waals surface area contributed by atoms with Crippen molar-refractivity contribution in [1.29, 1.82) is 0 Å². The number of rotatable bonds is 4. The fourth-order valence-electron chi connectivity index (χ4n) is 1.19. The normalized spacial score (nSPS) is 10.7. The van der Waals surface area contributed by atoms with Crippen molar-refractivity contribution in [1.82, 2.24) is 0 Å². The fraction of sp³-hybridized carbons (Fsp3) is 0.231. The molecule has 0 aliphatic heterocycles. The Balaban J connectivity index is 2.39. The quantitative estimate of drug-likeness (QED) is 0.632. The van der Waals surface area contributed by atoms with Crippen LogP contribution in [0.25, 0.3) is 0 Å². The zero-order valence-corrected chi connectivity index (χ0v) is 8.46. The molecule has 14 heavy (non-hydrogen) atoms. The van der Waals surface area contributed by atoms with Gasteiger partial charge >= 0.3 is 0 Å². The second-order valence-electron chi connectivity index (χ2n) is 3.41. The molecule has 0 aromatic heterocycles. The molecule has 0 atom stereocenters. The molecule has 1 aromatic rings. The van der Waals surface area contributed by atoms with Crippen molar-refractivity contribution >= 4 is 0 Å². The van der Waals surface area contributed by atoms with Crippen LogP contribution in [0.1, 0.15) is 18.9 Å². The predicted octanol–water partition coefficient (Wildman–Crippen LogP) is 3.89. The van der Waals surface area contributed by atoms with Crippen LogP contribution < -0.4 is 0 Å². The Labute approximate surface area is 84.8 Å². The molecule has 0 nitrogen and oxygen atoms in total. The highest BCUT2D eigenvalue weighted by Crippen LogP contribution is 2.06. The first-order valence-corrected chi connectivity index (χ1v) is 4.75. The fourth-order valence-corrected chi connectivity index (χ4v) is 1.19. The Hall–Kier alpha value is -1.37. The Morgan fingerprint density at radius 3 is 2.57 bits per heavy atom. The van der Waals surface area contributed by atoms with Crippen LogP contribution >= 0.6 is 0 Å². The SMILES string of the molecule is C=C(C)/C=C\CCc1ccc(F)cc1. The third-order valence-electron chi connectivity index (χ3n) is 1.92. The molecule has 1 aromatic carbocycles. The maximum Gasteiger partial charge on any atom is 0.123 e. The van der Waals surface area contributed by atoms with Crippen molar-refractivity contribution in [2.24, 2.45) is 0 Å². The highest BCUT2D eigenvalue weighted by molar-refractivity contribution is 5.17. The third-order valence-corrected chi connectivity index (χ3v) is 1.92. The van der Waals surface area contributed by atoms with Crippen LogP contribution in [0, 0.1) is 5.82 Å². The van der Waals surface area contributed by atoms with Crippen molar-refractivity contribution in [2.45, 2.75) is 19.8 Å². The van der Waals surface area contributed by atoms with Gasteiger partial charge in [-0.05, 0) is 37.5 Å². The minimum absolute atomic E-state index is 0.175. The summed E-state index contributed by atoms with van der Waals surface area (Å²) in [7, 11) is 0. The molecule has 1 rings (SSSR count). The van der Waals surface area contributed by atoms with E-state index in [4.69, 9.17) is 0 Å². The van der Waals surface area contributed by atoms with Crippen LogP contribution in [0.5, 0.6) is 0 Å². The molecule has 0 saturated carbocycles. The lowest BCUT2D eigenvalue weighted by Crippen LogP contribution is -1.83.